The first-order chi connectivity index (χ1) is 9.78. The van der Waals surface area contributed by atoms with Crippen LogP contribution < -0.4 is 5.32 Å². The van der Waals surface area contributed by atoms with Gasteiger partial charge in [0.1, 0.15) is 0 Å². The van der Waals surface area contributed by atoms with Crippen LogP contribution in [0.1, 0.15) is 29.2 Å². The third-order valence-corrected chi connectivity index (χ3v) is 3.73. The van der Waals surface area contributed by atoms with Gasteiger partial charge >= 0.3 is 5.97 Å². The molecule has 1 N–H and O–H groups in total. The van der Waals surface area contributed by atoms with Gasteiger partial charge in [0.25, 0.3) is 0 Å². The molecule has 2 aromatic rings. The van der Waals surface area contributed by atoms with Crippen molar-refractivity contribution in [2.75, 3.05) is 20.2 Å². The number of carbonyl (C=O) groups is 1. The molecule has 0 unspecified atom stereocenters. The molecule has 1 aliphatic rings. The van der Waals surface area contributed by atoms with Crippen molar-refractivity contribution in [3.05, 3.63) is 29.7 Å². The normalized spacial score (nSPS) is 16.4. The smallest absolute Gasteiger partial charge is 0.356 e. The number of hydrogen-bond acceptors (Lipinski definition) is 5. The van der Waals surface area contributed by atoms with Crippen LogP contribution in [0.15, 0.2) is 18.2 Å². The van der Waals surface area contributed by atoms with Gasteiger partial charge in [-0.25, -0.2) is 14.3 Å². The van der Waals surface area contributed by atoms with Crippen LogP contribution in [0.25, 0.3) is 5.65 Å². The molecular weight excluding hydrogens is 256 g/mol. The summed E-state index contributed by atoms with van der Waals surface area (Å²) in [7, 11) is 1.37. The van der Waals surface area contributed by atoms with Crippen molar-refractivity contribution in [3.8, 4) is 0 Å². The van der Waals surface area contributed by atoms with Crippen LogP contribution in [0.4, 0.5) is 0 Å². The Hall–Kier alpha value is -1.95. The van der Waals surface area contributed by atoms with Crippen LogP contribution >= 0.6 is 0 Å². The molecule has 1 aliphatic heterocycles. The Morgan fingerprint density at radius 1 is 1.45 bits per heavy atom. The standard InChI is InChI=1S/C14H18N4O2/c1-20-14(19)11-3-2-4-13-16-12(17-18(11)13)9-10-5-7-15-8-6-10/h2-4,10,15H,5-9H2,1H3. The molecular formula is C14H18N4O2. The molecule has 0 bridgehead atoms. The number of nitrogens with zero attached hydrogens (tertiary/aromatic N) is 3. The molecule has 0 aliphatic carbocycles. The summed E-state index contributed by atoms with van der Waals surface area (Å²) in [5, 5.41) is 7.81. The minimum absolute atomic E-state index is 0.395. The van der Waals surface area contributed by atoms with Crippen LogP contribution in [0.5, 0.6) is 0 Å². The molecule has 3 heterocycles. The number of carbonyl (C=O) groups excluding carboxylic acids is 1. The van der Waals surface area contributed by atoms with Crippen molar-refractivity contribution >= 4 is 11.6 Å². The van der Waals surface area contributed by atoms with Gasteiger partial charge in [-0.05, 0) is 44.0 Å². The molecule has 2 aromatic heterocycles. The lowest BCUT2D eigenvalue weighted by atomic mass is 9.94. The Labute approximate surface area is 117 Å². The van der Waals surface area contributed by atoms with Crippen LogP contribution in [-0.4, -0.2) is 40.8 Å². The summed E-state index contributed by atoms with van der Waals surface area (Å²) in [5.74, 6) is 1.03. The van der Waals surface area contributed by atoms with Gasteiger partial charge in [-0.3, -0.25) is 0 Å². The van der Waals surface area contributed by atoms with E-state index in [0.717, 1.165) is 38.2 Å². The van der Waals surface area contributed by atoms with E-state index in [2.05, 4.69) is 15.4 Å². The van der Waals surface area contributed by atoms with E-state index in [1.807, 2.05) is 6.07 Å². The summed E-state index contributed by atoms with van der Waals surface area (Å²) in [4.78, 5) is 16.2. The fourth-order valence-electron chi connectivity index (χ4n) is 2.64. The zero-order chi connectivity index (χ0) is 13.9. The summed E-state index contributed by atoms with van der Waals surface area (Å²) in [5.41, 5.74) is 1.10. The zero-order valence-electron chi connectivity index (χ0n) is 11.5. The highest BCUT2D eigenvalue weighted by Gasteiger charge is 2.18. The van der Waals surface area contributed by atoms with Crippen LogP contribution in [0.2, 0.25) is 0 Å². The Morgan fingerprint density at radius 2 is 2.25 bits per heavy atom. The van der Waals surface area contributed by atoms with Gasteiger partial charge < -0.3 is 10.1 Å². The van der Waals surface area contributed by atoms with Crippen molar-refractivity contribution in [2.45, 2.75) is 19.3 Å². The highest BCUT2D eigenvalue weighted by molar-refractivity contribution is 5.88. The number of rotatable bonds is 3. The van der Waals surface area contributed by atoms with E-state index in [1.54, 1.807) is 16.6 Å². The predicted octanol–water partition coefficient (Wildman–Crippen LogP) is 1.06. The third kappa shape index (κ3) is 2.51. The SMILES string of the molecule is COC(=O)c1cccc2nc(CC3CCNCC3)nn12. The van der Waals surface area contributed by atoms with Gasteiger partial charge in [0.2, 0.25) is 0 Å². The topological polar surface area (TPSA) is 68.5 Å². The number of fused-ring (bicyclic) bond motifs is 1. The third-order valence-electron chi connectivity index (χ3n) is 3.73. The van der Waals surface area contributed by atoms with E-state index >= 15 is 0 Å². The van der Waals surface area contributed by atoms with Crippen LogP contribution in [-0.2, 0) is 11.2 Å². The summed E-state index contributed by atoms with van der Waals surface area (Å²) in [6.45, 7) is 2.12. The highest BCUT2D eigenvalue weighted by Crippen LogP contribution is 2.17. The molecule has 3 rings (SSSR count). The first kappa shape index (κ1) is 13.1. The second-order valence-corrected chi connectivity index (χ2v) is 5.10. The fraction of sp³-hybridized carbons (Fsp3) is 0.500. The van der Waals surface area contributed by atoms with Gasteiger partial charge in [0, 0.05) is 6.42 Å². The van der Waals surface area contributed by atoms with E-state index in [4.69, 9.17) is 4.74 Å². The number of methoxy groups -OCH3 is 1. The predicted molar refractivity (Wildman–Crippen MR) is 73.6 cm³/mol. The van der Waals surface area contributed by atoms with Crippen molar-refractivity contribution < 1.29 is 9.53 Å². The molecule has 1 saturated heterocycles. The van der Waals surface area contributed by atoms with Gasteiger partial charge in [0.15, 0.2) is 17.2 Å². The Kier molecular flexibility index (Phi) is 3.64. The summed E-state index contributed by atoms with van der Waals surface area (Å²) < 4.78 is 6.34. The van der Waals surface area contributed by atoms with Gasteiger partial charge in [-0.2, -0.15) is 5.10 Å². The summed E-state index contributed by atoms with van der Waals surface area (Å²) >= 11 is 0. The Balaban J connectivity index is 1.88. The minimum atomic E-state index is -0.395. The van der Waals surface area contributed by atoms with E-state index in [-0.39, 0.29) is 0 Å². The maximum atomic E-state index is 11.7. The average molecular weight is 274 g/mol. The molecule has 0 saturated carbocycles. The molecule has 0 atom stereocenters. The number of piperidine rings is 1. The molecule has 0 spiro atoms. The average Bonchev–Trinajstić information content (AvgIpc) is 2.89. The first-order valence-corrected chi connectivity index (χ1v) is 6.91. The van der Waals surface area contributed by atoms with Gasteiger partial charge in [-0.15, -0.1) is 0 Å². The second-order valence-electron chi connectivity index (χ2n) is 5.10. The summed E-state index contributed by atoms with van der Waals surface area (Å²) in [6.07, 6.45) is 3.17. The number of esters is 1. The molecule has 106 valence electrons. The van der Waals surface area contributed by atoms with E-state index in [9.17, 15) is 4.79 Å². The second kappa shape index (κ2) is 5.58. The highest BCUT2D eigenvalue weighted by atomic mass is 16.5. The fourth-order valence-corrected chi connectivity index (χ4v) is 2.64. The number of aromatic nitrogens is 3. The summed E-state index contributed by atoms with van der Waals surface area (Å²) in [6, 6.07) is 5.35. The Bertz CT molecular complexity index is 617. The number of hydrogen-bond donors (Lipinski definition) is 1. The van der Waals surface area contributed by atoms with E-state index in [1.165, 1.54) is 7.11 Å². The minimum Gasteiger partial charge on any atom is -0.464 e. The number of nitrogens with one attached hydrogen (secondary N) is 1. The molecule has 6 nitrogen and oxygen atoms in total. The number of ether oxygens (including phenoxy) is 1. The van der Waals surface area contributed by atoms with Crippen molar-refractivity contribution in [3.63, 3.8) is 0 Å². The monoisotopic (exact) mass is 274 g/mol. The lowest BCUT2D eigenvalue weighted by Crippen LogP contribution is -2.28. The maximum absolute atomic E-state index is 11.7. The molecule has 6 heteroatoms. The molecule has 0 amide bonds. The van der Waals surface area contributed by atoms with Crippen molar-refractivity contribution in [1.82, 2.24) is 19.9 Å². The number of pyridine rings is 1. The van der Waals surface area contributed by atoms with Crippen molar-refractivity contribution in [1.29, 1.82) is 0 Å². The molecule has 0 aromatic carbocycles. The molecule has 1 fully saturated rings. The largest absolute Gasteiger partial charge is 0.464 e. The first-order valence-electron chi connectivity index (χ1n) is 6.91. The molecule has 0 radical (unpaired) electrons. The van der Waals surface area contributed by atoms with E-state index < -0.39 is 5.97 Å². The lowest BCUT2D eigenvalue weighted by Gasteiger charge is -2.20. The van der Waals surface area contributed by atoms with Gasteiger partial charge in [-0.1, -0.05) is 6.07 Å². The van der Waals surface area contributed by atoms with Crippen LogP contribution in [0.3, 0.4) is 0 Å². The van der Waals surface area contributed by atoms with E-state index in [0.29, 0.717) is 17.3 Å². The quantitative estimate of drug-likeness (QED) is 0.848. The zero-order valence-corrected chi connectivity index (χ0v) is 11.5. The Morgan fingerprint density at radius 3 is 3.00 bits per heavy atom. The lowest BCUT2D eigenvalue weighted by molar-refractivity contribution is 0.0591. The van der Waals surface area contributed by atoms with Crippen LogP contribution in [0, 0.1) is 5.92 Å². The molecule has 20 heavy (non-hydrogen) atoms. The maximum Gasteiger partial charge on any atom is 0.356 e. The van der Waals surface area contributed by atoms with Crippen molar-refractivity contribution in [2.24, 2.45) is 5.92 Å². The van der Waals surface area contributed by atoms with Gasteiger partial charge in [0.05, 0.1) is 7.11 Å².